The molecule has 6 nitrogen and oxygen atoms in total. The fourth-order valence-corrected chi connectivity index (χ4v) is 1.65. The van der Waals surface area contributed by atoms with Gasteiger partial charge in [-0.05, 0) is 18.8 Å². The van der Waals surface area contributed by atoms with Gasteiger partial charge in [-0.2, -0.15) is 0 Å². The zero-order valence-electron chi connectivity index (χ0n) is 13.9. The molecule has 0 aromatic rings. The van der Waals surface area contributed by atoms with Crippen LogP contribution < -0.4 is 5.32 Å². The number of aliphatic carboxylic acids is 1. The Morgan fingerprint density at radius 1 is 1.19 bits per heavy atom. The number of rotatable bonds is 8. The normalized spacial score (nSPS) is 13.9. The van der Waals surface area contributed by atoms with Gasteiger partial charge in [0.05, 0.1) is 12.0 Å². The fraction of sp³-hybridized carbons (Fsp3) is 0.800. The number of amides is 2. The van der Waals surface area contributed by atoms with Crippen molar-refractivity contribution < 1.29 is 19.5 Å². The van der Waals surface area contributed by atoms with E-state index in [-0.39, 0.29) is 30.7 Å². The van der Waals surface area contributed by atoms with Gasteiger partial charge in [0.25, 0.3) is 0 Å². The molecule has 0 saturated heterocycles. The Morgan fingerprint density at radius 3 is 2.10 bits per heavy atom. The first-order chi connectivity index (χ1) is 9.50. The van der Waals surface area contributed by atoms with Crippen molar-refractivity contribution in [2.75, 3.05) is 20.1 Å². The van der Waals surface area contributed by atoms with Crippen LogP contribution in [0.5, 0.6) is 0 Å². The number of carbonyl (C=O) groups excluding carboxylic acids is 2. The van der Waals surface area contributed by atoms with Crippen molar-refractivity contribution in [2.45, 2.75) is 41.0 Å². The van der Waals surface area contributed by atoms with Crippen LogP contribution >= 0.6 is 0 Å². The Morgan fingerprint density at radius 2 is 1.71 bits per heavy atom. The third kappa shape index (κ3) is 6.14. The molecule has 0 heterocycles. The summed E-state index contributed by atoms with van der Waals surface area (Å²) in [4.78, 5) is 36.4. The van der Waals surface area contributed by atoms with Crippen LogP contribution in [0.3, 0.4) is 0 Å². The zero-order valence-corrected chi connectivity index (χ0v) is 13.9. The first kappa shape index (κ1) is 19.4. The summed E-state index contributed by atoms with van der Waals surface area (Å²) in [5.74, 6) is -1.41. The van der Waals surface area contributed by atoms with Gasteiger partial charge in [-0.15, -0.1) is 0 Å². The highest BCUT2D eigenvalue weighted by molar-refractivity contribution is 5.88. The number of nitrogens with one attached hydrogen (secondary N) is 1. The number of likely N-dealkylation sites (N-methyl/N-ethyl adjacent to an activating group) is 1. The predicted octanol–water partition coefficient (Wildman–Crippen LogP) is 1.35. The van der Waals surface area contributed by atoms with E-state index in [1.165, 1.54) is 11.9 Å². The van der Waals surface area contributed by atoms with Gasteiger partial charge >= 0.3 is 5.97 Å². The third-order valence-electron chi connectivity index (χ3n) is 3.80. The summed E-state index contributed by atoms with van der Waals surface area (Å²) in [6, 6.07) is 0. The summed E-state index contributed by atoms with van der Waals surface area (Å²) in [6.45, 7) is 9.57. The third-order valence-corrected chi connectivity index (χ3v) is 3.80. The Balaban J connectivity index is 4.58. The monoisotopic (exact) mass is 300 g/mol. The summed E-state index contributed by atoms with van der Waals surface area (Å²) in [6.07, 6.45) is -0.117. The predicted molar refractivity (Wildman–Crippen MR) is 80.7 cm³/mol. The van der Waals surface area contributed by atoms with Crippen molar-refractivity contribution in [3.63, 3.8) is 0 Å². The van der Waals surface area contributed by atoms with Gasteiger partial charge in [0.15, 0.2) is 0 Å². The van der Waals surface area contributed by atoms with Crippen LogP contribution in [0.4, 0.5) is 0 Å². The molecule has 2 N–H and O–H groups in total. The molecule has 0 aliphatic carbocycles. The first-order valence-electron chi connectivity index (χ1n) is 7.24. The van der Waals surface area contributed by atoms with E-state index in [9.17, 15) is 19.5 Å². The van der Waals surface area contributed by atoms with E-state index in [0.717, 1.165) is 0 Å². The second-order valence-corrected chi connectivity index (χ2v) is 6.50. The van der Waals surface area contributed by atoms with E-state index >= 15 is 0 Å². The van der Waals surface area contributed by atoms with Crippen molar-refractivity contribution >= 4 is 17.8 Å². The molecule has 21 heavy (non-hydrogen) atoms. The number of carbonyl (C=O) groups is 3. The van der Waals surface area contributed by atoms with Crippen molar-refractivity contribution in [3.05, 3.63) is 0 Å². The lowest BCUT2D eigenvalue weighted by molar-refractivity contribution is -0.155. The first-order valence-corrected chi connectivity index (χ1v) is 7.24. The quantitative estimate of drug-likeness (QED) is 0.708. The molecule has 0 spiro atoms. The molecule has 0 rings (SSSR count). The van der Waals surface area contributed by atoms with Crippen molar-refractivity contribution in [1.29, 1.82) is 0 Å². The number of carboxylic acid groups (broad SMARTS) is 1. The number of carboxylic acids is 1. The van der Waals surface area contributed by atoms with E-state index in [2.05, 4.69) is 5.32 Å². The average molecular weight is 300 g/mol. The molecule has 6 heteroatoms. The van der Waals surface area contributed by atoms with Crippen LogP contribution in [0.15, 0.2) is 0 Å². The van der Waals surface area contributed by atoms with Gasteiger partial charge in [0.2, 0.25) is 11.8 Å². The van der Waals surface area contributed by atoms with E-state index < -0.39 is 11.4 Å². The summed E-state index contributed by atoms with van der Waals surface area (Å²) < 4.78 is 0. The largest absolute Gasteiger partial charge is 0.481 e. The molecule has 2 amide bonds. The maximum atomic E-state index is 12.1. The standard InChI is InChI=1S/C15H28N2O4/c1-10(2)8-16-12(18)9-17(6)13(19)7-15(5,11(3)4)14(20)21/h10-11H,7-9H2,1-6H3,(H,16,18)(H,20,21). The molecule has 0 aliphatic rings. The SMILES string of the molecule is CC(C)CNC(=O)CN(C)C(=O)CC(C)(C(=O)O)C(C)C. The van der Waals surface area contributed by atoms with Gasteiger partial charge < -0.3 is 15.3 Å². The van der Waals surface area contributed by atoms with Gasteiger partial charge in [0, 0.05) is 20.0 Å². The highest BCUT2D eigenvalue weighted by Gasteiger charge is 2.39. The molecule has 0 aromatic carbocycles. The van der Waals surface area contributed by atoms with Crippen LogP contribution in [0, 0.1) is 17.3 Å². The minimum Gasteiger partial charge on any atom is -0.481 e. The molecular weight excluding hydrogens is 272 g/mol. The Kier molecular flexibility index (Phi) is 7.39. The van der Waals surface area contributed by atoms with Crippen LogP contribution in [-0.2, 0) is 14.4 Å². The summed E-state index contributed by atoms with van der Waals surface area (Å²) in [7, 11) is 1.51. The summed E-state index contributed by atoms with van der Waals surface area (Å²) in [5.41, 5.74) is -1.13. The second kappa shape index (κ2) is 8.00. The Hall–Kier alpha value is -1.59. The highest BCUT2D eigenvalue weighted by Crippen LogP contribution is 2.31. The van der Waals surface area contributed by atoms with Crippen molar-refractivity contribution in [1.82, 2.24) is 10.2 Å². The summed E-state index contributed by atoms with van der Waals surface area (Å²) >= 11 is 0. The molecule has 1 atom stereocenters. The van der Waals surface area contributed by atoms with E-state index in [1.807, 2.05) is 13.8 Å². The van der Waals surface area contributed by atoms with Gasteiger partial charge in [-0.25, -0.2) is 0 Å². The second-order valence-electron chi connectivity index (χ2n) is 6.50. The molecular formula is C15H28N2O4. The Labute approximate surface area is 126 Å². The number of hydrogen-bond acceptors (Lipinski definition) is 3. The zero-order chi connectivity index (χ0) is 16.8. The molecule has 122 valence electrons. The van der Waals surface area contributed by atoms with Crippen LogP contribution in [0.1, 0.15) is 41.0 Å². The number of nitrogens with zero attached hydrogens (tertiary/aromatic N) is 1. The lowest BCUT2D eigenvalue weighted by Crippen LogP contribution is -2.43. The minimum absolute atomic E-state index is 0.0562. The maximum Gasteiger partial charge on any atom is 0.310 e. The minimum atomic E-state index is -1.13. The molecule has 0 radical (unpaired) electrons. The maximum absolute atomic E-state index is 12.1. The van der Waals surface area contributed by atoms with Crippen LogP contribution in [-0.4, -0.2) is 47.9 Å². The summed E-state index contributed by atoms with van der Waals surface area (Å²) in [5, 5.41) is 12.0. The number of hydrogen-bond donors (Lipinski definition) is 2. The average Bonchev–Trinajstić information content (AvgIpc) is 2.35. The fourth-order valence-electron chi connectivity index (χ4n) is 1.65. The van der Waals surface area contributed by atoms with Crippen LogP contribution in [0.2, 0.25) is 0 Å². The molecule has 0 aliphatic heterocycles. The van der Waals surface area contributed by atoms with E-state index in [0.29, 0.717) is 12.5 Å². The van der Waals surface area contributed by atoms with Gasteiger partial charge in [-0.1, -0.05) is 27.7 Å². The van der Waals surface area contributed by atoms with Crippen molar-refractivity contribution in [3.8, 4) is 0 Å². The molecule has 0 bridgehead atoms. The lowest BCUT2D eigenvalue weighted by Gasteiger charge is -2.30. The lowest BCUT2D eigenvalue weighted by atomic mass is 9.76. The van der Waals surface area contributed by atoms with Gasteiger partial charge in [-0.3, -0.25) is 14.4 Å². The molecule has 0 fully saturated rings. The van der Waals surface area contributed by atoms with E-state index in [4.69, 9.17) is 0 Å². The highest BCUT2D eigenvalue weighted by atomic mass is 16.4. The molecule has 1 unspecified atom stereocenters. The topological polar surface area (TPSA) is 86.7 Å². The molecule has 0 saturated carbocycles. The van der Waals surface area contributed by atoms with Crippen LogP contribution in [0.25, 0.3) is 0 Å². The smallest absolute Gasteiger partial charge is 0.310 e. The Bertz CT molecular complexity index is 393. The molecule has 0 aromatic heterocycles. The van der Waals surface area contributed by atoms with E-state index in [1.54, 1.807) is 20.8 Å². The van der Waals surface area contributed by atoms with Crippen molar-refractivity contribution in [2.24, 2.45) is 17.3 Å². The van der Waals surface area contributed by atoms with Gasteiger partial charge in [0.1, 0.15) is 0 Å².